The van der Waals surface area contributed by atoms with Crippen molar-refractivity contribution in [2.24, 2.45) is 0 Å². The van der Waals surface area contributed by atoms with Crippen LogP contribution in [0.2, 0.25) is 0 Å². The molecular formula is C37H41N3O17P2. The Hall–Kier alpha value is -5.27. The topological polar surface area (TPSA) is 318 Å². The molecule has 9 N–H and O–H groups in total. The molecule has 0 radical (unpaired) electrons. The minimum absolute atomic E-state index is 0.00504. The Morgan fingerprint density at radius 1 is 0.746 bits per heavy atom. The first-order valence-corrected chi connectivity index (χ1v) is 21.3. The van der Waals surface area contributed by atoms with Crippen LogP contribution in [-0.4, -0.2) is 99.8 Å². The van der Waals surface area contributed by atoms with Crippen LogP contribution in [0.5, 0.6) is 5.75 Å². The molecule has 2 aliphatic rings. The fourth-order valence-corrected chi connectivity index (χ4v) is 8.67. The SMILES string of the molecule is O=C(CCC(P(=O)(O)O)P(=O)(O)O)NCCOCCOCCOCCNc1c(NCc2c(O)ccc3c(-c4ccccc4C(=O)O)c4ccc(=O)cc-4oc23)c(=O)c1=O. The smallest absolute Gasteiger partial charge is 0.340 e. The highest BCUT2D eigenvalue weighted by Gasteiger charge is 2.43. The Labute approximate surface area is 334 Å². The summed E-state index contributed by atoms with van der Waals surface area (Å²) in [5.41, 5.74) is -0.309. The average Bonchev–Trinajstić information content (AvgIpc) is 3.17. The van der Waals surface area contributed by atoms with Gasteiger partial charge >= 0.3 is 21.2 Å². The maximum Gasteiger partial charge on any atom is 0.340 e. The van der Waals surface area contributed by atoms with E-state index in [-0.39, 0.29) is 104 Å². The average molecular weight is 862 g/mol. The number of carboxylic acid groups (broad SMARTS) is 1. The van der Waals surface area contributed by atoms with Gasteiger partial charge in [-0.3, -0.25) is 28.3 Å². The van der Waals surface area contributed by atoms with Crippen LogP contribution in [0.15, 0.2) is 73.4 Å². The van der Waals surface area contributed by atoms with Crippen molar-refractivity contribution in [2.75, 3.05) is 63.4 Å². The van der Waals surface area contributed by atoms with Gasteiger partial charge < -0.3 is 64.4 Å². The lowest BCUT2D eigenvalue weighted by atomic mass is 9.90. The molecule has 59 heavy (non-hydrogen) atoms. The highest BCUT2D eigenvalue weighted by molar-refractivity contribution is 7.70. The number of phenols is 1. The van der Waals surface area contributed by atoms with Crippen molar-refractivity contribution in [1.82, 2.24) is 5.32 Å². The molecule has 22 heteroatoms. The van der Waals surface area contributed by atoms with Gasteiger partial charge in [0, 0.05) is 48.6 Å². The van der Waals surface area contributed by atoms with E-state index in [9.17, 15) is 43.3 Å². The minimum atomic E-state index is -5.10. The minimum Gasteiger partial charge on any atom is -0.507 e. The van der Waals surface area contributed by atoms with Crippen LogP contribution in [0.3, 0.4) is 0 Å². The normalized spacial score (nSPS) is 12.1. The van der Waals surface area contributed by atoms with Gasteiger partial charge in [0.25, 0.3) is 10.9 Å². The molecule has 5 rings (SSSR count). The molecule has 1 amide bonds. The third-order valence-electron chi connectivity index (χ3n) is 8.99. The second kappa shape index (κ2) is 19.7. The predicted molar refractivity (Wildman–Crippen MR) is 213 cm³/mol. The number of carbonyl (C=O) groups is 2. The van der Waals surface area contributed by atoms with E-state index in [1.54, 1.807) is 24.3 Å². The Morgan fingerprint density at radius 2 is 1.36 bits per heavy atom. The first kappa shape index (κ1) is 44.8. The number of aromatic hydroxyl groups is 1. The van der Waals surface area contributed by atoms with E-state index in [1.807, 2.05) is 0 Å². The van der Waals surface area contributed by atoms with E-state index in [1.165, 1.54) is 30.3 Å². The maximum absolute atomic E-state index is 12.5. The quantitative estimate of drug-likeness (QED) is 0.0197. The van der Waals surface area contributed by atoms with Gasteiger partial charge in [-0.25, -0.2) is 4.79 Å². The molecule has 0 spiro atoms. The zero-order valence-electron chi connectivity index (χ0n) is 31.1. The Kier molecular flexibility index (Phi) is 14.9. The fourth-order valence-electron chi connectivity index (χ4n) is 6.17. The summed E-state index contributed by atoms with van der Waals surface area (Å²) in [5, 5.41) is 27.2. The zero-order chi connectivity index (χ0) is 42.9. The molecule has 0 bridgehead atoms. The Morgan fingerprint density at radius 3 is 2.00 bits per heavy atom. The lowest BCUT2D eigenvalue weighted by Crippen LogP contribution is -2.38. The molecule has 316 valence electrons. The third kappa shape index (κ3) is 11.3. The van der Waals surface area contributed by atoms with Crippen LogP contribution in [0.4, 0.5) is 11.4 Å². The first-order chi connectivity index (χ1) is 28.0. The number of nitrogens with one attached hydrogen (secondary N) is 3. The highest BCUT2D eigenvalue weighted by atomic mass is 31.2. The zero-order valence-corrected chi connectivity index (χ0v) is 32.9. The van der Waals surface area contributed by atoms with Crippen molar-refractivity contribution in [1.29, 1.82) is 0 Å². The number of phenolic OH excluding ortho intramolecular Hbond substituents is 1. The summed E-state index contributed by atoms with van der Waals surface area (Å²) in [4.78, 5) is 97.7. The van der Waals surface area contributed by atoms with Gasteiger partial charge in [0.1, 0.15) is 28.5 Å². The van der Waals surface area contributed by atoms with Crippen LogP contribution in [0, 0.1) is 0 Å². The van der Waals surface area contributed by atoms with Crippen molar-refractivity contribution >= 4 is 49.4 Å². The van der Waals surface area contributed by atoms with Gasteiger partial charge in [0.05, 0.1) is 50.8 Å². The molecule has 0 aromatic heterocycles. The number of benzene rings is 3. The molecule has 3 aromatic rings. The maximum atomic E-state index is 12.5. The van der Waals surface area contributed by atoms with Crippen LogP contribution in [0.25, 0.3) is 33.4 Å². The monoisotopic (exact) mass is 861 g/mol. The molecule has 20 nitrogen and oxygen atoms in total. The number of anilines is 2. The lowest BCUT2D eigenvalue weighted by molar-refractivity contribution is -0.121. The van der Waals surface area contributed by atoms with Gasteiger partial charge in [-0.1, -0.05) is 18.2 Å². The van der Waals surface area contributed by atoms with Crippen molar-refractivity contribution in [3.05, 3.63) is 96.4 Å². The summed E-state index contributed by atoms with van der Waals surface area (Å²) in [5.74, 6) is -1.91. The summed E-state index contributed by atoms with van der Waals surface area (Å²) < 4.78 is 44.9. The van der Waals surface area contributed by atoms with Crippen molar-refractivity contribution in [2.45, 2.75) is 24.8 Å². The molecular weight excluding hydrogens is 820 g/mol. The molecule has 0 fully saturated rings. The molecule has 0 saturated carbocycles. The largest absolute Gasteiger partial charge is 0.507 e. The summed E-state index contributed by atoms with van der Waals surface area (Å²) in [6.07, 6.45) is -1.20. The Balaban J connectivity index is 1.07. The predicted octanol–water partition coefficient (Wildman–Crippen LogP) is 2.22. The number of carboxylic acids is 1. The number of hydrogen-bond donors (Lipinski definition) is 9. The summed E-state index contributed by atoms with van der Waals surface area (Å²) in [6, 6.07) is 13.4. The van der Waals surface area contributed by atoms with Crippen molar-refractivity contribution in [3.8, 4) is 28.2 Å². The van der Waals surface area contributed by atoms with E-state index >= 15 is 0 Å². The number of fused-ring (bicyclic) bond motifs is 2. The van der Waals surface area contributed by atoms with E-state index in [2.05, 4.69) is 16.0 Å². The number of ether oxygens (including phenoxy) is 3. The molecule has 1 heterocycles. The van der Waals surface area contributed by atoms with Crippen LogP contribution in [0.1, 0.15) is 28.8 Å². The van der Waals surface area contributed by atoms with Crippen molar-refractivity contribution in [3.63, 3.8) is 0 Å². The number of hydrogen-bond acceptors (Lipinski definition) is 14. The second-order valence-corrected chi connectivity index (χ2v) is 17.0. The highest BCUT2D eigenvalue weighted by Crippen LogP contribution is 2.61. The molecule has 0 atom stereocenters. The second-order valence-electron chi connectivity index (χ2n) is 13.0. The molecule has 1 aliphatic carbocycles. The van der Waals surface area contributed by atoms with E-state index in [4.69, 9.17) is 38.2 Å². The van der Waals surface area contributed by atoms with Crippen LogP contribution >= 0.6 is 15.2 Å². The Bertz CT molecular complexity index is 2480. The van der Waals surface area contributed by atoms with Crippen molar-refractivity contribution < 1.29 is 67.1 Å². The van der Waals surface area contributed by atoms with Gasteiger partial charge in [0.15, 0.2) is 10.8 Å². The van der Waals surface area contributed by atoms with Gasteiger partial charge in [0.2, 0.25) is 5.91 Å². The number of carbonyl (C=O) groups excluding carboxylic acids is 1. The summed E-state index contributed by atoms with van der Waals surface area (Å²) in [6.45, 7) is 0.956. The van der Waals surface area contributed by atoms with Gasteiger partial charge in [-0.2, -0.15) is 0 Å². The standard InChI is InChI=1S/C37H41N3O17P2/c41-21-5-6-24-28(19-21)57-36-25(31(24)22-3-1-2-4-23(22)37(46)47)7-8-27(42)26(36)20-40-33-32(34(44)35(33)45)39-12-14-55-16-18-56-17-15-54-13-11-38-29(43)9-10-30(58(48,49)50)59(51,52)53/h1-8,19,30,39-40,42H,9-18,20H2,(H,38,43)(H,46,47)(H2,48,49,50)(H2,51,52,53). The molecule has 0 saturated heterocycles. The summed E-state index contributed by atoms with van der Waals surface area (Å²) >= 11 is 0. The third-order valence-corrected chi connectivity index (χ3v) is 12.9. The summed E-state index contributed by atoms with van der Waals surface area (Å²) in [7, 11) is -10.2. The molecule has 1 aliphatic heterocycles. The van der Waals surface area contributed by atoms with Gasteiger partial charge in [-0.15, -0.1) is 0 Å². The van der Waals surface area contributed by atoms with E-state index in [0.717, 1.165) is 0 Å². The fraction of sp³-hybridized carbons (Fsp3) is 0.324. The van der Waals surface area contributed by atoms with Crippen LogP contribution < -0.4 is 32.2 Å². The first-order valence-electron chi connectivity index (χ1n) is 17.9. The van der Waals surface area contributed by atoms with Gasteiger partial charge in [-0.05, 0) is 42.3 Å². The molecule has 3 aromatic carbocycles. The molecule has 0 unspecified atom stereocenters. The van der Waals surface area contributed by atoms with Crippen LogP contribution in [-0.2, 0) is 34.7 Å². The lowest BCUT2D eigenvalue weighted by Gasteiger charge is -2.19. The van der Waals surface area contributed by atoms with E-state index < -0.39 is 56.2 Å². The van der Waals surface area contributed by atoms with E-state index in [0.29, 0.717) is 22.1 Å². The number of amides is 1. The number of rotatable bonds is 23. The number of aromatic carboxylic acids is 1.